The van der Waals surface area contributed by atoms with Crippen LogP contribution in [0.2, 0.25) is 5.02 Å². The van der Waals surface area contributed by atoms with Crippen molar-refractivity contribution >= 4 is 27.6 Å². The highest BCUT2D eigenvalue weighted by Gasteiger charge is 2.33. The molecule has 0 amide bonds. The van der Waals surface area contributed by atoms with Gasteiger partial charge in [-0.05, 0) is 36.6 Å². The van der Waals surface area contributed by atoms with Gasteiger partial charge in [-0.1, -0.05) is 11.6 Å². The first-order valence-corrected chi connectivity index (χ1v) is 8.67. The second kappa shape index (κ2) is 6.95. The molecule has 1 fully saturated rings. The van der Waals surface area contributed by atoms with Crippen LogP contribution in [0.4, 0.5) is 0 Å². The summed E-state index contributed by atoms with van der Waals surface area (Å²) >= 11 is 5.98. The fraction of sp³-hybridized carbons (Fsp3) is 0.500. The van der Waals surface area contributed by atoms with Crippen molar-refractivity contribution in [3.63, 3.8) is 0 Å². The molecule has 22 heavy (non-hydrogen) atoms. The number of sulfonamides is 1. The van der Waals surface area contributed by atoms with Crippen LogP contribution in [0.25, 0.3) is 0 Å². The van der Waals surface area contributed by atoms with Gasteiger partial charge in [0.2, 0.25) is 10.0 Å². The van der Waals surface area contributed by atoms with E-state index >= 15 is 0 Å². The minimum atomic E-state index is -3.76. The third-order valence-electron chi connectivity index (χ3n) is 3.61. The van der Waals surface area contributed by atoms with Gasteiger partial charge in [-0.3, -0.25) is 4.79 Å². The largest absolute Gasteiger partial charge is 0.481 e. The molecule has 1 unspecified atom stereocenters. The predicted molar refractivity (Wildman–Crippen MR) is 81.3 cm³/mol. The van der Waals surface area contributed by atoms with Crippen LogP contribution in [-0.4, -0.2) is 44.0 Å². The Morgan fingerprint density at radius 1 is 1.45 bits per heavy atom. The zero-order valence-corrected chi connectivity index (χ0v) is 13.7. The normalized spacial score (nSPS) is 20.0. The van der Waals surface area contributed by atoms with Gasteiger partial charge in [-0.2, -0.15) is 4.31 Å². The van der Waals surface area contributed by atoms with E-state index in [0.717, 1.165) is 0 Å². The number of carboxylic acid groups (broad SMARTS) is 1. The number of carboxylic acids is 1. The summed E-state index contributed by atoms with van der Waals surface area (Å²) in [5.74, 6) is -1.63. The highest BCUT2D eigenvalue weighted by Crippen LogP contribution is 2.26. The number of ether oxygens (including phenoxy) is 1. The maximum Gasteiger partial charge on any atom is 0.307 e. The van der Waals surface area contributed by atoms with Crippen LogP contribution < -0.4 is 0 Å². The molecule has 0 spiro atoms. The van der Waals surface area contributed by atoms with Gasteiger partial charge in [-0.15, -0.1) is 0 Å². The fourth-order valence-corrected chi connectivity index (χ4v) is 4.47. The monoisotopic (exact) mass is 347 g/mol. The van der Waals surface area contributed by atoms with Crippen molar-refractivity contribution in [1.82, 2.24) is 4.31 Å². The lowest BCUT2D eigenvalue weighted by molar-refractivity contribution is -0.142. The van der Waals surface area contributed by atoms with Crippen molar-refractivity contribution in [2.24, 2.45) is 5.92 Å². The summed E-state index contributed by atoms with van der Waals surface area (Å²) in [7, 11) is -2.25. The van der Waals surface area contributed by atoms with Crippen LogP contribution in [0.3, 0.4) is 0 Å². The van der Waals surface area contributed by atoms with Gasteiger partial charge < -0.3 is 9.84 Å². The molecule has 0 saturated carbocycles. The Morgan fingerprint density at radius 2 is 2.18 bits per heavy atom. The maximum atomic E-state index is 12.7. The topological polar surface area (TPSA) is 83.9 Å². The first-order chi connectivity index (χ1) is 10.3. The van der Waals surface area contributed by atoms with E-state index in [1.54, 1.807) is 6.07 Å². The number of aliphatic carboxylic acids is 1. The number of piperidine rings is 1. The van der Waals surface area contributed by atoms with E-state index < -0.39 is 21.9 Å². The van der Waals surface area contributed by atoms with Crippen LogP contribution in [0.5, 0.6) is 0 Å². The van der Waals surface area contributed by atoms with Crippen LogP contribution in [-0.2, 0) is 26.2 Å². The van der Waals surface area contributed by atoms with E-state index in [-0.39, 0.29) is 18.0 Å². The van der Waals surface area contributed by atoms with E-state index in [4.69, 9.17) is 21.4 Å². The predicted octanol–water partition coefficient (Wildman–Crippen LogP) is 1.97. The molecule has 8 heteroatoms. The van der Waals surface area contributed by atoms with Crippen molar-refractivity contribution in [1.29, 1.82) is 0 Å². The summed E-state index contributed by atoms with van der Waals surface area (Å²) in [5, 5.41) is 9.40. The first kappa shape index (κ1) is 17.2. The Kier molecular flexibility index (Phi) is 5.44. The Bertz CT molecular complexity index is 661. The number of halogens is 1. The standard InChI is InChI=1S/C14H18ClNO5S/c1-21-9-10-5-12(15)7-13(6-10)22(19,20)16-4-2-3-11(8-16)14(17)18/h5-7,11H,2-4,8-9H2,1H3,(H,17,18). The van der Waals surface area contributed by atoms with Crippen LogP contribution in [0, 0.1) is 5.92 Å². The number of rotatable bonds is 5. The summed E-state index contributed by atoms with van der Waals surface area (Å²) in [5.41, 5.74) is 0.653. The molecule has 1 heterocycles. The molecule has 122 valence electrons. The summed E-state index contributed by atoms with van der Waals surface area (Å²) in [6.07, 6.45) is 1.02. The van der Waals surface area contributed by atoms with Crippen molar-refractivity contribution in [2.45, 2.75) is 24.3 Å². The smallest absolute Gasteiger partial charge is 0.307 e. The first-order valence-electron chi connectivity index (χ1n) is 6.86. The molecule has 1 aliphatic heterocycles. The Hall–Kier alpha value is -1.15. The molecule has 1 atom stereocenters. The molecule has 0 radical (unpaired) electrons. The zero-order valence-electron chi connectivity index (χ0n) is 12.2. The van der Waals surface area contributed by atoms with Gasteiger partial charge in [0.15, 0.2) is 0 Å². The van der Waals surface area contributed by atoms with E-state index in [9.17, 15) is 13.2 Å². The molecule has 0 aromatic heterocycles. The van der Waals surface area contributed by atoms with Crippen LogP contribution in [0.1, 0.15) is 18.4 Å². The van der Waals surface area contributed by atoms with Gasteiger partial charge in [-0.25, -0.2) is 8.42 Å². The summed E-state index contributed by atoms with van der Waals surface area (Å²) < 4.78 is 31.6. The van der Waals surface area contributed by atoms with Gasteiger partial charge in [0.05, 0.1) is 17.4 Å². The molecule has 2 rings (SSSR count). The van der Waals surface area contributed by atoms with Crippen molar-refractivity contribution in [3.05, 3.63) is 28.8 Å². The molecule has 1 N–H and O–H groups in total. The van der Waals surface area contributed by atoms with Gasteiger partial charge >= 0.3 is 5.97 Å². The quantitative estimate of drug-likeness (QED) is 0.880. The zero-order chi connectivity index (χ0) is 16.3. The van der Waals surface area contributed by atoms with E-state index in [1.165, 1.54) is 23.5 Å². The number of nitrogens with zero attached hydrogens (tertiary/aromatic N) is 1. The molecule has 0 bridgehead atoms. The van der Waals surface area contributed by atoms with Crippen LogP contribution >= 0.6 is 11.6 Å². The molecular weight excluding hydrogens is 330 g/mol. The molecular formula is C14H18ClNO5S. The van der Waals surface area contributed by atoms with E-state index in [2.05, 4.69) is 0 Å². The average Bonchev–Trinajstić information content (AvgIpc) is 2.47. The average molecular weight is 348 g/mol. The second-order valence-corrected chi connectivity index (χ2v) is 7.64. The third kappa shape index (κ3) is 3.78. The summed E-state index contributed by atoms with van der Waals surface area (Å²) in [6.45, 7) is 0.558. The molecule has 1 saturated heterocycles. The number of hydrogen-bond acceptors (Lipinski definition) is 4. The number of carbonyl (C=O) groups is 1. The molecule has 1 aromatic rings. The third-order valence-corrected chi connectivity index (χ3v) is 5.67. The Morgan fingerprint density at radius 3 is 2.82 bits per heavy atom. The summed E-state index contributed by atoms with van der Waals surface area (Å²) in [6, 6.07) is 4.52. The van der Waals surface area contributed by atoms with Crippen molar-refractivity contribution in [2.75, 3.05) is 20.2 Å². The lowest BCUT2D eigenvalue weighted by Crippen LogP contribution is -2.42. The van der Waals surface area contributed by atoms with Gasteiger partial charge in [0, 0.05) is 25.2 Å². The maximum absolute atomic E-state index is 12.7. The summed E-state index contributed by atoms with van der Waals surface area (Å²) in [4.78, 5) is 11.2. The molecule has 6 nitrogen and oxygen atoms in total. The highest BCUT2D eigenvalue weighted by atomic mass is 35.5. The lowest BCUT2D eigenvalue weighted by Gasteiger charge is -2.30. The van der Waals surface area contributed by atoms with E-state index in [0.29, 0.717) is 30.0 Å². The molecule has 1 aliphatic rings. The number of methoxy groups -OCH3 is 1. The van der Waals surface area contributed by atoms with Crippen molar-refractivity contribution in [3.8, 4) is 0 Å². The Labute approximate surface area is 134 Å². The SMILES string of the molecule is COCc1cc(Cl)cc(S(=O)(=O)N2CCCC(C(=O)O)C2)c1. The minimum Gasteiger partial charge on any atom is -0.481 e. The van der Waals surface area contributed by atoms with Gasteiger partial charge in [0.1, 0.15) is 0 Å². The van der Waals surface area contributed by atoms with Crippen molar-refractivity contribution < 1.29 is 23.1 Å². The van der Waals surface area contributed by atoms with Gasteiger partial charge in [0.25, 0.3) is 0 Å². The molecule has 0 aliphatic carbocycles. The lowest BCUT2D eigenvalue weighted by atomic mass is 10.0. The Balaban J connectivity index is 2.31. The number of benzene rings is 1. The second-order valence-electron chi connectivity index (χ2n) is 5.27. The number of hydrogen-bond donors (Lipinski definition) is 1. The fourth-order valence-electron chi connectivity index (χ4n) is 2.53. The van der Waals surface area contributed by atoms with E-state index in [1.807, 2.05) is 0 Å². The van der Waals surface area contributed by atoms with Crippen LogP contribution in [0.15, 0.2) is 23.1 Å². The molecule has 1 aromatic carbocycles. The minimum absolute atomic E-state index is 0.0101. The highest BCUT2D eigenvalue weighted by molar-refractivity contribution is 7.89.